The van der Waals surface area contributed by atoms with Crippen LogP contribution in [0, 0.1) is 24.8 Å². The number of allylic oxidation sites excluding steroid dienone is 2. The molecule has 0 aromatic heterocycles. The van der Waals surface area contributed by atoms with Gasteiger partial charge in [-0.25, -0.2) is 4.85 Å². The van der Waals surface area contributed by atoms with Crippen LogP contribution in [-0.2, 0) is 5.41 Å². The van der Waals surface area contributed by atoms with E-state index >= 15 is 0 Å². The number of nitrogens with zero attached hydrogens (tertiary/aromatic N) is 4. The van der Waals surface area contributed by atoms with E-state index < -0.39 is 0 Å². The highest BCUT2D eigenvalue weighted by Gasteiger charge is 2.42. The lowest BCUT2D eigenvalue weighted by Gasteiger charge is -2.33. The van der Waals surface area contributed by atoms with Gasteiger partial charge < -0.3 is 9.80 Å². The zero-order chi connectivity index (χ0) is 49.4. The Labute approximate surface area is 425 Å². The predicted octanol–water partition coefficient (Wildman–Crippen LogP) is 20.0. The second-order valence-corrected chi connectivity index (χ2v) is 19.5. The minimum absolute atomic E-state index is 0.126. The van der Waals surface area contributed by atoms with Gasteiger partial charge in [0.15, 0.2) is 5.70 Å². The van der Waals surface area contributed by atoms with Gasteiger partial charge in [0.25, 0.3) is 0 Å². The third-order valence-electron chi connectivity index (χ3n) is 14.4. The molecule has 0 aliphatic heterocycles. The first-order valence-electron chi connectivity index (χ1n) is 26.3. The van der Waals surface area contributed by atoms with E-state index in [1.807, 2.05) is 37.3 Å². The van der Waals surface area contributed by atoms with E-state index in [0.29, 0.717) is 11.3 Å². The molecule has 0 atom stereocenters. The lowest BCUT2D eigenvalue weighted by atomic mass is 9.70. The molecule has 8 rings (SSSR count). The van der Waals surface area contributed by atoms with Crippen molar-refractivity contribution in [2.24, 2.45) is 0 Å². The molecule has 0 heterocycles. The third-order valence-corrected chi connectivity index (χ3v) is 14.4. The molecule has 358 valence electrons. The van der Waals surface area contributed by atoms with Gasteiger partial charge in [0.2, 0.25) is 0 Å². The smallest absolute Gasteiger partial charge is 0.163 e. The van der Waals surface area contributed by atoms with Crippen molar-refractivity contribution >= 4 is 51.8 Å². The molecule has 4 nitrogen and oxygen atoms in total. The first-order chi connectivity index (χ1) is 34.9. The van der Waals surface area contributed by atoms with Crippen molar-refractivity contribution in [1.29, 1.82) is 5.26 Å². The Morgan fingerprint density at radius 3 is 1.37 bits per heavy atom. The molecule has 0 saturated heterocycles. The molecule has 7 aromatic rings. The number of nitriles is 1. The highest BCUT2D eigenvalue weighted by Crippen LogP contribution is 2.55. The molecule has 1 aliphatic carbocycles. The average molecular weight is 931 g/mol. The summed E-state index contributed by atoms with van der Waals surface area (Å²) in [4.78, 5) is 8.44. The van der Waals surface area contributed by atoms with Gasteiger partial charge in [-0.1, -0.05) is 206 Å². The van der Waals surface area contributed by atoms with E-state index in [0.717, 1.165) is 63.7 Å². The van der Waals surface area contributed by atoms with Crippen LogP contribution in [-0.4, -0.2) is 0 Å². The molecule has 0 amide bonds. The summed E-state index contributed by atoms with van der Waals surface area (Å²) >= 11 is 0. The van der Waals surface area contributed by atoms with E-state index in [9.17, 15) is 5.26 Å². The number of hydrogen-bond donors (Lipinski definition) is 0. The third kappa shape index (κ3) is 11.6. The van der Waals surface area contributed by atoms with Gasteiger partial charge in [0.05, 0.1) is 29.6 Å². The van der Waals surface area contributed by atoms with Gasteiger partial charge >= 0.3 is 0 Å². The molecule has 7 aromatic carbocycles. The zero-order valence-corrected chi connectivity index (χ0v) is 42.5. The van der Waals surface area contributed by atoms with E-state index in [4.69, 9.17) is 6.57 Å². The standard InChI is InChI=1S/C67H70N4/c1-6-8-10-12-14-28-42-67(43-29-15-13-11-9-7-2)63-44-51(3)38-40-61(63)62-41-39-53(47-64(62)67)56(50-68)46-55-49-65(70(57-30-20-16-21-31-57)58-32-22-17-23-33-58)54(45-52(4)69-5)48-66(55)71(59-34-24-18-25-35-59)60-36-26-19-27-37-60/h16-27,30-41,44-49H,6-15,28-29,42-43H2,1-4H3/b52-45-,56-46+. The minimum Gasteiger partial charge on any atom is -0.310 e. The van der Waals surface area contributed by atoms with Crippen LogP contribution in [0.1, 0.15) is 144 Å². The summed E-state index contributed by atoms with van der Waals surface area (Å²) < 4.78 is 0. The minimum atomic E-state index is -0.126. The molecule has 0 unspecified atom stereocenters. The van der Waals surface area contributed by atoms with Gasteiger partial charge in [-0.2, -0.15) is 5.26 Å². The van der Waals surface area contributed by atoms with Gasteiger partial charge in [-0.15, -0.1) is 0 Å². The van der Waals surface area contributed by atoms with Gasteiger partial charge in [-0.05, 0) is 133 Å². The van der Waals surface area contributed by atoms with Crippen LogP contribution < -0.4 is 9.80 Å². The molecule has 0 N–H and O–H groups in total. The molecule has 0 bridgehead atoms. The number of aryl methyl sites for hydroxylation is 1. The van der Waals surface area contributed by atoms with Gasteiger partial charge in [-0.3, -0.25) is 0 Å². The maximum Gasteiger partial charge on any atom is 0.163 e. The largest absolute Gasteiger partial charge is 0.310 e. The molecule has 0 spiro atoms. The Morgan fingerprint density at radius 2 is 0.930 bits per heavy atom. The average Bonchev–Trinajstić information content (AvgIpc) is 3.67. The highest BCUT2D eigenvalue weighted by molar-refractivity contribution is 5.98. The summed E-state index contributed by atoms with van der Waals surface area (Å²) in [7, 11) is 0. The molecule has 71 heavy (non-hydrogen) atoms. The van der Waals surface area contributed by atoms with Crippen LogP contribution in [0.2, 0.25) is 0 Å². The van der Waals surface area contributed by atoms with Crippen LogP contribution in [0.4, 0.5) is 34.1 Å². The summed E-state index contributed by atoms with van der Waals surface area (Å²) in [6.07, 6.45) is 21.4. The fourth-order valence-corrected chi connectivity index (χ4v) is 10.8. The maximum atomic E-state index is 11.5. The maximum absolute atomic E-state index is 11.5. The van der Waals surface area contributed by atoms with Crippen LogP contribution in [0.15, 0.2) is 176 Å². The SMILES string of the molecule is [C-]#[N+]/C(C)=C\c1cc(N(c2ccccc2)c2ccccc2)c(/C=C(\C#N)c2ccc3c(c2)C(CCCCCCCC)(CCCCCCCC)c2cc(C)ccc2-3)cc1N(c1ccccc1)c1ccccc1. The van der Waals surface area contributed by atoms with Gasteiger partial charge in [0.1, 0.15) is 0 Å². The fourth-order valence-electron chi connectivity index (χ4n) is 10.8. The summed E-state index contributed by atoms with van der Waals surface area (Å²) in [5, 5.41) is 11.5. The quantitative estimate of drug-likeness (QED) is 0.0277. The van der Waals surface area contributed by atoms with Crippen LogP contribution >= 0.6 is 0 Å². The first-order valence-corrected chi connectivity index (χ1v) is 26.3. The van der Waals surface area contributed by atoms with Crippen molar-refractivity contribution in [3.8, 4) is 17.2 Å². The number of benzene rings is 7. The Morgan fingerprint density at radius 1 is 0.521 bits per heavy atom. The van der Waals surface area contributed by atoms with E-state index in [1.54, 1.807) is 0 Å². The predicted molar refractivity (Wildman–Crippen MR) is 303 cm³/mol. The summed E-state index contributed by atoms with van der Waals surface area (Å²) in [5.74, 6) is 0. The number of fused-ring (bicyclic) bond motifs is 3. The summed E-state index contributed by atoms with van der Waals surface area (Å²) in [5.41, 5.74) is 16.3. The fraction of sp³-hybridized carbons (Fsp3) is 0.284. The van der Waals surface area contributed by atoms with E-state index in [-0.39, 0.29) is 5.41 Å². The van der Waals surface area contributed by atoms with Crippen LogP contribution in [0.5, 0.6) is 0 Å². The monoisotopic (exact) mass is 931 g/mol. The Balaban J connectivity index is 1.36. The molecular weight excluding hydrogens is 861 g/mol. The normalized spacial score (nSPS) is 12.7. The number of rotatable bonds is 23. The molecule has 1 aliphatic rings. The Hall–Kier alpha value is -7.40. The van der Waals surface area contributed by atoms with E-state index in [1.165, 1.54) is 105 Å². The van der Waals surface area contributed by atoms with Crippen molar-refractivity contribution in [2.45, 2.75) is 123 Å². The molecule has 4 heteroatoms. The number of anilines is 6. The van der Waals surface area contributed by atoms with Crippen molar-refractivity contribution in [1.82, 2.24) is 0 Å². The Bertz CT molecular complexity index is 2900. The van der Waals surface area contributed by atoms with Crippen molar-refractivity contribution in [2.75, 3.05) is 9.80 Å². The van der Waals surface area contributed by atoms with E-state index in [2.05, 4.69) is 193 Å². The Kier molecular flexibility index (Phi) is 17.2. The lowest BCUT2D eigenvalue weighted by Crippen LogP contribution is -2.26. The van der Waals surface area contributed by atoms with Crippen LogP contribution in [0.3, 0.4) is 0 Å². The second-order valence-electron chi connectivity index (χ2n) is 19.5. The molecule has 0 radical (unpaired) electrons. The lowest BCUT2D eigenvalue weighted by molar-refractivity contribution is 0.397. The number of hydrogen-bond acceptors (Lipinski definition) is 3. The molecule has 0 saturated carbocycles. The summed E-state index contributed by atoms with van der Waals surface area (Å²) in [6, 6.07) is 62.9. The number of para-hydroxylation sites is 4. The van der Waals surface area contributed by atoms with Crippen molar-refractivity contribution < 1.29 is 0 Å². The van der Waals surface area contributed by atoms with Crippen molar-refractivity contribution in [3.05, 3.63) is 220 Å². The highest BCUT2D eigenvalue weighted by atomic mass is 15.2. The second kappa shape index (κ2) is 24.4. The first kappa shape index (κ1) is 50.0. The molecule has 0 fully saturated rings. The molecular formula is C67H70N4. The topological polar surface area (TPSA) is 34.6 Å². The number of unbranched alkanes of at least 4 members (excludes halogenated alkanes) is 10. The van der Waals surface area contributed by atoms with Gasteiger partial charge in [0, 0.05) is 33.7 Å². The summed E-state index contributed by atoms with van der Waals surface area (Å²) in [6.45, 7) is 16.8. The van der Waals surface area contributed by atoms with Crippen molar-refractivity contribution in [3.63, 3.8) is 0 Å². The van der Waals surface area contributed by atoms with Crippen LogP contribution in [0.25, 0.3) is 33.7 Å². The zero-order valence-electron chi connectivity index (χ0n) is 42.5.